The molecule has 0 saturated carbocycles. The Morgan fingerprint density at radius 1 is 1.44 bits per heavy atom. The number of hydrogen-bond acceptors (Lipinski definition) is 5. The summed E-state index contributed by atoms with van der Waals surface area (Å²) in [4.78, 5) is 4.21. The molecule has 6 heteroatoms. The van der Waals surface area contributed by atoms with Crippen molar-refractivity contribution in [3.8, 4) is 0 Å². The molecule has 0 fully saturated rings. The van der Waals surface area contributed by atoms with Crippen LogP contribution in [0.4, 0.5) is 0 Å². The Balaban J connectivity index is 2.11. The maximum absolute atomic E-state index is 5.47. The van der Waals surface area contributed by atoms with Gasteiger partial charge in [-0.05, 0) is 14.0 Å². The molecule has 0 atom stereocenters. The fourth-order valence-electron chi connectivity index (χ4n) is 1.55. The Labute approximate surface area is 93.7 Å². The second-order valence-corrected chi connectivity index (χ2v) is 3.68. The monoisotopic (exact) mass is 221 g/mol. The molecule has 16 heavy (non-hydrogen) atoms. The average Bonchev–Trinajstić information content (AvgIpc) is 2.76. The number of rotatable bonds is 4. The SMILES string of the molecule is CNCc1cn(Cc2oc(C)nc2C)nn1. The first-order valence-corrected chi connectivity index (χ1v) is 5.15. The van der Waals surface area contributed by atoms with E-state index in [2.05, 4.69) is 20.6 Å². The van der Waals surface area contributed by atoms with Crippen molar-refractivity contribution in [2.45, 2.75) is 26.9 Å². The molecule has 2 heterocycles. The highest BCUT2D eigenvalue weighted by molar-refractivity contribution is 5.08. The number of aryl methyl sites for hydroxylation is 2. The zero-order chi connectivity index (χ0) is 11.5. The maximum atomic E-state index is 5.47. The lowest BCUT2D eigenvalue weighted by Crippen LogP contribution is -2.05. The van der Waals surface area contributed by atoms with E-state index < -0.39 is 0 Å². The molecule has 2 aromatic rings. The van der Waals surface area contributed by atoms with Crippen LogP contribution >= 0.6 is 0 Å². The predicted octanol–water partition coefficient (Wildman–Crippen LogP) is 0.651. The second kappa shape index (κ2) is 4.44. The van der Waals surface area contributed by atoms with Gasteiger partial charge >= 0.3 is 0 Å². The van der Waals surface area contributed by atoms with Crippen LogP contribution in [0.25, 0.3) is 0 Å². The number of aromatic nitrogens is 4. The highest BCUT2D eigenvalue weighted by Crippen LogP contribution is 2.10. The number of nitrogens with one attached hydrogen (secondary N) is 1. The van der Waals surface area contributed by atoms with Gasteiger partial charge in [-0.25, -0.2) is 9.67 Å². The molecule has 0 bridgehead atoms. The third-order valence-electron chi connectivity index (χ3n) is 2.25. The van der Waals surface area contributed by atoms with E-state index in [1.807, 2.05) is 27.1 Å². The fraction of sp³-hybridized carbons (Fsp3) is 0.500. The molecule has 0 aromatic carbocycles. The first-order valence-electron chi connectivity index (χ1n) is 5.15. The highest BCUT2D eigenvalue weighted by Gasteiger charge is 2.08. The summed E-state index contributed by atoms with van der Waals surface area (Å²) in [5.41, 5.74) is 1.82. The van der Waals surface area contributed by atoms with E-state index in [9.17, 15) is 0 Å². The van der Waals surface area contributed by atoms with Gasteiger partial charge in [0.05, 0.1) is 17.6 Å². The Bertz CT molecular complexity index is 473. The minimum absolute atomic E-state index is 0.573. The summed E-state index contributed by atoms with van der Waals surface area (Å²) < 4.78 is 7.22. The molecular formula is C10H15N5O. The van der Waals surface area contributed by atoms with Gasteiger partial charge < -0.3 is 9.73 Å². The summed E-state index contributed by atoms with van der Waals surface area (Å²) in [6, 6.07) is 0. The topological polar surface area (TPSA) is 68.8 Å². The standard InChI is InChI=1S/C10H15N5O/c1-7-10(16-8(2)12-7)6-15-5-9(4-11-3)13-14-15/h5,11H,4,6H2,1-3H3. The van der Waals surface area contributed by atoms with E-state index in [-0.39, 0.29) is 0 Å². The van der Waals surface area contributed by atoms with Gasteiger partial charge in [0.25, 0.3) is 0 Å². The summed E-state index contributed by atoms with van der Waals surface area (Å²) in [6.07, 6.45) is 1.90. The lowest BCUT2D eigenvalue weighted by Gasteiger charge is -1.96. The second-order valence-electron chi connectivity index (χ2n) is 3.68. The van der Waals surface area contributed by atoms with E-state index in [0.29, 0.717) is 19.0 Å². The van der Waals surface area contributed by atoms with Crippen LogP contribution in [-0.4, -0.2) is 27.0 Å². The van der Waals surface area contributed by atoms with Gasteiger partial charge in [-0.15, -0.1) is 5.10 Å². The Kier molecular flexibility index (Phi) is 3.00. The average molecular weight is 221 g/mol. The van der Waals surface area contributed by atoms with Crippen molar-refractivity contribution in [2.75, 3.05) is 7.05 Å². The van der Waals surface area contributed by atoms with Crippen LogP contribution in [0.15, 0.2) is 10.6 Å². The molecule has 0 spiro atoms. The van der Waals surface area contributed by atoms with Crippen molar-refractivity contribution in [3.63, 3.8) is 0 Å². The predicted molar refractivity (Wildman–Crippen MR) is 57.9 cm³/mol. The molecule has 0 aliphatic rings. The van der Waals surface area contributed by atoms with Crippen molar-refractivity contribution in [1.29, 1.82) is 0 Å². The van der Waals surface area contributed by atoms with Gasteiger partial charge in [0.2, 0.25) is 0 Å². The molecule has 0 aliphatic heterocycles. The smallest absolute Gasteiger partial charge is 0.191 e. The third-order valence-corrected chi connectivity index (χ3v) is 2.25. The van der Waals surface area contributed by atoms with E-state index in [1.165, 1.54) is 0 Å². The third kappa shape index (κ3) is 2.27. The van der Waals surface area contributed by atoms with Crippen molar-refractivity contribution < 1.29 is 4.42 Å². The molecule has 0 saturated heterocycles. The molecule has 0 unspecified atom stereocenters. The molecule has 6 nitrogen and oxygen atoms in total. The fourth-order valence-corrected chi connectivity index (χ4v) is 1.55. The first-order chi connectivity index (χ1) is 7.69. The Hall–Kier alpha value is -1.69. The zero-order valence-corrected chi connectivity index (χ0v) is 9.69. The lowest BCUT2D eigenvalue weighted by molar-refractivity contribution is 0.448. The quantitative estimate of drug-likeness (QED) is 0.821. The van der Waals surface area contributed by atoms with Crippen molar-refractivity contribution in [3.05, 3.63) is 29.2 Å². The summed E-state index contributed by atoms with van der Waals surface area (Å²) >= 11 is 0. The van der Waals surface area contributed by atoms with Gasteiger partial charge in [-0.1, -0.05) is 5.21 Å². The van der Waals surface area contributed by atoms with E-state index in [1.54, 1.807) is 4.68 Å². The molecule has 2 aromatic heterocycles. The van der Waals surface area contributed by atoms with Crippen LogP contribution in [0.3, 0.4) is 0 Å². The zero-order valence-electron chi connectivity index (χ0n) is 9.69. The lowest BCUT2D eigenvalue weighted by atomic mass is 10.4. The number of nitrogens with zero attached hydrogens (tertiary/aromatic N) is 4. The van der Waals surface area contributed by atoms with Crippen molar-refractivity contribution in [2.24, 2.45) is 0 Å². The highest BCUT2D eigenvalue weighted by atomic mass is 16.4. The maximum Gasteiger partial charge on any atom is 0.191 e. The number of hydrogen-bond donors (Lipinski definition) is 1. The van der Waals surface area contributed by atoms with Crippen molar-refractivity contribution >= 4 is 0 Å². The largest absolute Gasteiger partial charge is 0.444 e. The van der Waals surface area contributed by atoms with E-state index in [4.69, 9.17) is 4.42 Å². The van der Waals surface area contributed by atoms with Crippen LogP contribution < -0.4 is 5.32 Å². The van der Waals surface area contributed by atoms with Crippen molar-refractivity contribution in [1.82, 2.24) is 25.3 Å². The van der Waals surface area contributed by atoms with Crippen LogP contribution in [0.5, 0.6) is 0 Å². The van der Waals surface area contributed by atoms with Gasteiger partial charge in [0.1, 0.15) is 12.3 Å². The molecule has 86 valence electrons. The molecule has 0 aliphatic carbocycles. The van der Waals surface area contributed by atoms with E-state index in [0.717, 1.165) is 17.1 Å². The normalized spacial score (nSPS) is 10.9. The summed E-state index contributed by atoms with van der Waals surface area (Å²) in [7, 11) is 1.88. The molecule has 0 radical (unpaired) electrons. The van der Waals surface area contributed by atoms with Crippen LogP contribution in [0.2, 0.25) is 0 Å². The number of oxazole rings is 1. The van der Waals surface area contributed by atoms with E-state index >= 15 is 0 Å². The van der Waals surface area contributed by atoms with Crippen LogP contribution in [0.1, 0.15) is 23.0 Å². The Morgan fingerprint density at radius 3 is 2.88 bits per heavy atom. The van der Waals surface area contributed by atoms with Gasteiger partial charge in [-0.2, -0.15) is 0 Å². The minimum Gasteiger partial charge on any atom is -0.444 e. The van der Waals surface area contributed by atoms with Crippen LogP contribution in [-0.2, 0) is 13.1 Å². The minimum atomic E-state index is 0.573. The summed E-state index contributed by atoms with van der Waals surface area (Å²) in [5, 5.41) is 11.1. The summed E-state index contributed by atoms with van der Waals surface area (Å²) in [5.74, 6) is 1.52. The van der Waals surface area contributed by atoms with Crippen LogP contribution in [0, 0.1) is 13.8 Å². The molecular weight excluding hydrogens is 206 g/mol. The first kappa shape index (κ1) is 10.8. The van der Waals surface area contributed by atoms with Gasteiger partial charge in [0.15, 0.2) is 5.89 Å². The van der Waals surface area contributed by atoms with Gasteiger partial charge in [-0.3, -0.25) is 0 Å². The molecule has 2 rings (SSSR count). The summed E-state index contributed by atoms with van der Waals surface area (Å²) in [6.45, 7) is 5.05. The molecule has 0 amide bonds. The molecule has 1 N–H and O–H groups in total. The van der Waals surface area contributed by atoms with Gasteiger partial charge in [0, 0.05) is 13.5 Å². The Morgan fingerprint density at radius 2 is 2.25 bits per heavy atom.